The number of nitrogen functional groups attached to an aromatic ring is 1. The molecule has 0 saturated carbocycles. The first-order chi connectivity index (χ1) is 20.1. The monoisotopic (exact) mass is 585 g/mol. The molecule has 3 aromatic heterocycles. The molecule has 1 saturated heterocycles. The zero-order valence-corrected chi connectivity index (χ0v) is 22.5. The first-order valence-corrected chi connectivity index (χ1v) is 12.4. The Morgan fingerprint density at radius 2 is 1.81 bits per heavy atom. The Hall–Kier alpha value is -5.02. The van der Waals surface area contributed by atoms with E-state index in [1.54, 1.807) is 7.05 Å². The summed E-state index contributed by atoms with van der Waals surface area (Å²) in [5.41, 5.74) is 4.03. The van der Waals surface area contributed by atoms with Crippen molar-refractivity contribution in [3.63, 3.8) is 0 Å². The lowest BCUT2D eigenvalue weighted by molar-refractivity contribution is -0.112. The van der Waals surface area contributed by atoms with Gasteiger partial charge in [0, 0.05) is 26.1 Å². The van der Waals surface area contributed by atoms with E-state index in [4.69, 9.17) is 5.73 Å². The smallest absolute Gasteiger partial charge is 0.273 e. The van der Waals surface area contributed by atoms with Crippen molar-refractivity contribution in [2.24, 2.45) is 0 Å². The number of nitrogens with zero attached hydrogens (tertiary/aromatic N) is 8. The molecule has 220 valence electrons. The van der Waals surface area contributed by atoms with Gasteiger partial charge in [-0.25, -0.2) is 37.5 Å². The van der Waals surface area contributed by atoms with E-state index in [0.717, 1.165) is 12.1 Å². The molecular formula is C27H27F4N9O2. The molecule has 42 heavy (non-hydrogen) atoms. The second-order valence-corrected chi connectivity index (χ2v) is 9.22. The van der Waals surface area contributed by atoms with E-state index in [9.17, 15) is 27.5 Å². The highest BCUT2D eigenvalue weighted by molar-refractivity contribution is 5.93. The van der Waals surface area contributed by atoms with Crippen LogP contribution in [0, 0.1) is 37.3 Å². The number of carbonyl (C=O) groups is 1. The second kappa shape index (κ2) is 13.1. The molecule has 0 unspecified atom stereocenters. The number of anilines is 2. The first kappa shape index (κ1) is 31.5. The van der Waals surface area contributed by atoms with Crippen LogP contribution in [0.3, 0.4) is 0 Å². The zero-order valence-electron chi connectivity index (χ0n) is 22.5. The van der Waals surface area contributed by atoms with Gasteiger partial charge < -0.3 is 20.6 Å². The molecule has 3 N–H and O–H groups in total. The van der Waals surface area contributed by atoms with Crippen molar-refractivity contribution in [3.05, 3.63) is 47.7 Å². The van der Waals surface area contributed by atoms with Crippen LogP contribution in [0.5, 0.6) is 0 Å². The molecule has 0 atom stereocenters. The molecule has 11 nitrogen and oxygen atoms in total. The van der Waals surface area contributed by atoms with Crippen molar-refractivity contribution in [3.8, 4) is 25.7 Å². The quantitative estimate of drug-likeness (QED) is 0.181. The number of hydrogen-bond acceptors (Lipinski definition) is 9. The minimum Gasteiger partial charge on any atom is -0.380 e. The Labute approximate surface area is 238 Å². The van der Waals surface area contributed by atoms with Crippen molar-refractivity contribution < 1.29 is 27.5 Å². The van der Waals surface area contributed by atoms with E-state index < -0.39 is 23.7 Å². The van der Waals surface area contributed by atoms with Crippen LogP contribution < -0.4 is 10.6 Å². The molecule has 1 aliphatic heterocycles. The summed E-state index contributed by atoms with van der Waals surface area (Å²) in [5, 5.41) is 14.1. The van der Waals surface area contributed by atoms with Gasteiger partial charge in [-0.1, -0.05) is 0 Å². The molecule has 1 aromatic carbocycles. The normalized spacial score (nSPS) is 13.5. The predicted molar refractivity (Wildman–Crippen MR) is 147 cm³/mol. The molecule has 1 fully saturated rings. The number of aryl methyl sites for hydroxylation is 1. The largest absolute Gasteiger partial charge is 0.380 e. The van der Waals surface area contributed by atoms with Gasteiger partial charge in [-0.15, -0.1) is 30.8 Å². The molecule has 4 aromatic rings. The molecule has 1 aliphatic rings. The fourth-order valence-electron chi connectivity index (χ4n) is 4.25. The molecule has 0 aliphatic carbocycles. The Balaban J connectivity index is 0.00000116. The Morgan fingerprint density at radius 3 is 2.43 bits per heavy atom. The third kappa shape index (κ3) is 6.31. The summed E-state index contributed by atoms with van der Waals surface area (Å²) in [6, 6.07) is 1.85. The van der Waals surface area contributed by atoms with Gasteiger partial charge in [0.15, 0.2) is 22.9 Å². The molecule has 0 radical (unpaired) electrons. The lowest BCUT2D eigenvalue weighted by atomic mass is 9.95. The van der Waals surface area contributed by atoms with Gasteiger partial charge in [-0.2, -0.15) is 4.52 Å². The summed E-state index contributed by atoms with van der Waals surface area (Å²) in [6.45, 7) is -0.131. The van der Waals surface area contributed by atoms with Crippen molar-refractivity contribution >= 4 is 34.2 Å². The summed E-state index contributed by atoms with van der Waals surface area (Å²) in [4.78, 5) is 32.1. The highest BCUT2D eigenvalue weighted by Crippen LogP contribution is 2.30. The summed E-state index contributed by atoms with van der Waals surface area (Å²) < 4.78 is 54.6. The van der Waals surface area contributed by atoms with Crippen molar-refractivity contribution in [1.29, 1.82) is 0 Å². The number of nitrogens with two attached hydrogens (primary N) is 1. The van der Waals surface area contributed by atoms with E-state index in [-0.39, 0.29) is 47.2 Å². The van der Waals surface area contributed by atoms with E-state index in [1.165, 1.54) is 26.7 Å². The number of unbranched alkanes of at least 4 members (excludes halogenated alkanes) is 1. The van der Waals surface area contributed by atoms with Crippen LogP contribution in [0.15, 0.2) is 24.5 Å². The molecular weight excluding hydrogens is 558 g/mol. The molecule has 15 heteroatoms. The number of terminal acetylenes is 2. The number of hydrogen-bond donors (Lipinski definition) is 2. The predicted octanol–water partition coefficient (Wildman–Crippen LogP) is 2.34. The SMILES string of the molecule is C#C.C#C.CN(CCCCc1nc2c3cc(F)cc(F)c3nc(N)n2n1)C(=O)c1cnc(N2CC(O)(C(F)F)C2)cn1. The van der Waals surface area contributed by atoms with E-state index in [0.29, 0.717) is 37.4 Å². The summed E-state index contributed by atoms with van der Waals surface area (Å²) >= 11 is 0. The highest BCUT2D eigenvalue weighted by atomic mass is 19.3. The maximum atomic E-state index is 14.1. The lowest BCUT2D eigenvalue weighted by Gasteiger charge is -2.46. The molecule has 4 heterocycles. The number of carbonyl (C=O) groups excluding carboxylic acids is 1. The molecule has 0 bridgehead atoms. The third-order valence-electron chi connectivity index (χ3n) is 6.37. The number of rotatable bonds is 8. The van der Waals surface area contributed by atoms with Gasteiger partial charge in [-0.05, 0) is 18.9 Å². The number of halogens is 4. The average molecular weight is 586 g/mol. The number of benzene rings is 1. The molecule has 0 spiro atoms. The second-order valence-electron chi connectivity index (χ2n) is 9.22. The average Bonchev–Trinajstić information content (AvgIpc) is 3.41. The maximum Gasteiger partial charge on any atom is 0.273 e. The number of β-amino-alcohol motifs (C(OH)–C–C–N with tert-alkyl or cyclic N) is 1. The van der Waals surface area contributed by atoms with E-state index in [2.05, 4.69) is 50.7 Å². The number of amides is 1. The standard InChI is InChI=1S/C23H23F4N9O2.2C2H2/c1-34(20(37)15-8-30-17(9-29-15)35-10-23(38,11-35)21(26)27)5-3-2-4-16-31-19-13-6-12(24)7-14(25)18(13)32-22(28)36(19)33-16;2*1-2/h6-9,21,38H,2-5,10-11H2,1H3,(H2,28,32);2*1-2H. The fraction of sp³-hybridized carbons (Fsp3) is 0.333. The maximum absolute atomic E-state index is 14.1. The van der Waals surface area contributed by atoms with Crippen LogP contribution in [-0.4, -0.2) is 84.2 Å². The summed E-state index contributed by atoms with van der Waals surface area (Å²) in [6.07, 6.45) is 17.4. The van der Waals surface area contributed by atoms with E-state index in [1.807, 2.05) is 0 Å². The Bertz CT molecular complexity index is 1590. The minimum absolute atomic E-state index is 0.0759. The third-order valence-corrected chi connectivity index (χ3v) is 6.37. The van der Waals surface area contributed by atoms with Gasteiger partial charge >= 0.3 is 0 Å². The van der Waals surface area contributed by atoms with Crippen LogP contribution in [0.25, 0.3) is 16.6 Å². The van der Waals surface area contributed by atoms with Crippen LogP contribution in [0.1, 0.15) is 29.2 Å². The van der Waals surface area contributed by atoms with Gasteiger partial charge in [-0.3, -0.25) is 4.79 Å². The van der Waals surface area contributed by atoms with Crippen molar-refractivity contribution in [2.75, 3.05) is 37.3 Å². The van der Waals surface area contributed by atoms with Gasteiger partial charge in [0.05, 0.1) is 30.9 Å². The minimum atomic E-state index is -2.85. The Morgan fingerprint density at radius 1 is 1.12 bits per heavy atom. The number of aromatic nitrogens is 6. The van der Waals surface area contributed by atoms with Crippen LogP contribution in [0.4, 0.5) is 29.3 Å². The van der Waals surface area contributed by atoms with Crippen LogP contribution in [0.2, 0.25) is 0 Å². The van der Waals surface area contributed by atoms with Crippen LogP contribution in [-0.2, 0) is 6.42 Å². The molecule has 1 amide bonds. The Kier molecular flexibility index (Phi) is 9.82. The van der Waals surface area contributed by atoms with Gasteiger partial charge in [0.25, 0.3) is 12.3 Å². The van der Waals surface area contributed by atoms with Crippen molar-refractivity contribution in [1.82, 2.24) is 34.4 Å². The number of aliphatic hydroxyl groups is 1. The topological polar surface area (TPSA) is 139 Å². The highest BCUT2D eigenvalue weighted by Gasteiger charge is 2.49. The lowest BCUT2D eigenvalue weighted by Crippen LogP contribution is -2.66. The summed E-state index contributed by atoms with van der Waals surface area (Å²) in [7, 11) is 1.61. The first-order valence-electron chi connectivity index (χ1n) is 12.4. The molecule has 5 rings (SSSR count). The van der Waals surface area contributed by atoms with Gasteiger partial charge in [0.1, 0.15) is 22.8 Å². The zero-order chi connectivity index (χ0) is 31.2. The van der Waals surface area contributed by atoms with E-state index >= 15 is 0 Å². The summed E-state index contributed by atoms with van der Waals surface area (Å²) in [5.74, 6) is -1.34. The number of fused-ring (bicyclic) bond motifs is 3. The number of alkyl halides is 2. The van der Waals surface area contributed by atoms with Crippen LogP contribution >= 0.6 is 0 Å². The van der Waals surface area contributed by atoms with Crippen molar-refractivity contribution in [2.45, 2.75) is 31.3 Å². The fourth-order valence-corrected chi connectivity index (χ4v) is 4.25. The van der Waals surface area contributed by atoms with Gasteiger partial charge in [0.2, 0.25) is 5.95 Å².